The molecular formula is C29H28N4O4. The van der Waals surface area contributed by atoms with Crippen molar-refractivity contribution in [2.45, 2.75) is 6.54 Å². The highest BCUT2D eigenvalue weighted by molar-refractivity contribution is 6.00. The molecule has 3 aromatic carbocycles. The molecule has 1 N–H and O–H groups in total. The lowest BCUT2D eigenvalue weighted by molar-refractivity contribution is -0.135. The number of ether oxygens (including phenoxy) is 2. The normalized spacial score (nSPS) is 13.7. The van der Waals surface area contributed by atoms with Crippen LogP contribution in [0, 0.1) is 0 Å². The molecule has 0 unspecified atom stereocenters. The van der Waals surface area contributed by atoms with Gasteiger partial charge in [-0.2, -0.15) is 5.10 Å². The van der Waals surface area contributed by atoms with E-state index in [-0.39, 0.29) is 25.0 Å². The highest BCUT2D eigenvalue weighted by atomic mass is 16.5. The highest BCUT2D eigenvalue weighted by Crippen LogP contribution is 2.22. The van der Waals surface area contributed by atoms with E-state index in [1.165, 1.54) is 0 Å². The van der Waals surface area contributed by atoms with Gasteiger partial charge in [0.15, 0.2) is 6.61 Å². The number of fused-ring (bicyclic) bond motifs is 1. The predicted molar refractivity (Wildman–Crippen MR) is 142 cm³/mol. The maximum absolute atomic E-state index is 12.7. The molecule has 1 fully saturated rings. The maximum Gasteiger partial charge on any atom is 0.277 e. The van der Waals surface area contributed by atoms with E-state index in [2.05, 4.69) is 10.5 Å². The minimum Gasteiger partial charge on any atom is -0.484 e. The summed E-state index contributed by atoms with van der Waals surface area (Å²) in [5, 5.41) is 5.06. The zero-order valence-corrected chi connectivity index (χ0v) is 20.4. The molecule has 0 radical (unpaired) electrons. The van der Waals surface area contributed by atoms with Gasteiger partial charge < -0.3 is 18.9 Å². The summed E-state index contributed by atoms with van der Waals surface area (Å²) in [5.41, 5.74) is 6.45. The van der Waals surface area contributed by atoms with Crippen LogP contribution >= 0.6 is 0 Å². The topological polar surface area (TPSA) is 85.2 Å². The van der Waals surface area contributed by atoms with Crippen LogP contribution < -0.4 is 10.2 Å². The molecule has 1 aromatic heterocycles. The first-order valence-corrected chi connectivity index (χ1v) is 12.2. The largest absolute Gasteiger partial charge is 0.484 e. The van der Waals surface area contributed by atoms with Gasteiger partial charge in [-0.3, -0.25) is 9.59 Å². The summed E-state index contributed by atoms with van der Waals surface area (Å²) in [6.45, 7) is 2.43. The van der Waals surface area contributed by atoms with Crippen molar-refractivity contribution in [1.82, 2.24) is 14.9 Å². The third-order valence-electron chi connectivity index (χ3n) is 6.21. The summed E-state index contributed by atoms with van der Waals surface area (Å²) in [6.07, 6.45) is 3.47. The van der Waals surface area contributed by atoms with Crippen molar-refractivity contribution in [3.05, 3.63) is 90.6 Å². The Labute approximate surface area is 215 Å². The molecule has 0 bridgehead atoms. The van der Waals surface area contributed by atoms with Gasteiger partial charge in [-0.15, -0.1) is 0 Å². The summed E-state index contributed by atoms with van der Waals surface area (Å²) in [7, 11) is 0. The Morgan fingerprint density at radius 1 is 0.919 bits per heavy atom. The van der Waals surface area contributed by atoms with Crippen LogP contribution in [0.2, 0.25) is 0 Å². The molecule has 8 nitrogen and oxygen atoms in total. The average molecular weight is 497 g/mol. The fraction of sp³-hybridized carbons (Fsp3) is 0.207. The fourth-order valence-corrected chi connectivity index (χ4v) is 4.30. The van der Waals surface area contributed by atoms with E-state index in [1.54, 1.807) is 6.21 Å². The van der Waals surface area contributed by atoms with Crippen LogP contribution in [0.15, 0.2) is 90.2 Å². The number of nitrogens with zero attached hydrogens (tertiary/aromatic N) is 3. The van der Waals surface area contributed by atoms with Crippen LogP contribution in [-0.2, 0) is 20.9 Å². The van der Waals surface area contributed by atoms with E-state index in [0.29, 0.717) is 32.1 Å². The zero-order valence-electron chi connectivity index (χ0n) is 20.4. The molecule has 37 heavy (non-hydrogen) atoms. The van der Waals surface area contributed by atoms with E-state index in [0.717, 1.165) is 27.6 Å². The lowest BCUT2D eigenvalue weighted by Crippen LogP contribution is -2.42. The molecule has 2 amide bonds. The van der Waals surface area contributed by atoms with Gasteiger partial charge in [0, 0.05) is 35.8 Å². The van der Waals surface area contributed by atoms with Gasteiger partial charge >= 0.3 is 0 Å². The first-order chi connectivity index (χ1) is 18.2. The molecule has 1 saturated heterocycles. The van der Waals surface area contributed by atoms with Crippen molar-refractivity contribution < 1.29 is 19.1 Å². The number of hydrogen-bond acceptors (Lipinski definition) is 5. The van der Waals surface area contributed by atoms with E-state index in [1.807, 2.05) is 94.5 Å². The Morgan fingerprint density at radius 3 is 2.41 bits per heavy atom. The van der Waals surface area contributed by atoms with Gasteiger partial charge in [-0.1, -0.05) is 60.7 Å². The Hall–Kier alpha value is -4.43. The Kier molecular flexibility index (Phi) is 7.57. The van der Waals surface area contributed by atoms with Gasteiger partial charge in [0.1, 0.15) is 12.3 Å². The number of nitrogens with one attached hydrogen (secondary N) is 1. The second kappa shape index (κ2) is 11.5. The highest BCUT2D eigenvalue weighted by Gasteiger charge is 2.18. The van der Waals surface area contributed by atoms with Crippen molar-refractivity contribution in [1.29, 1.82) is 0 Å². The summed E-state index contributed by atoms with van der Waals surface area (Å²) in [6, 6.07) is 25.5. The Morgan fingerprint density at radius 2 is 1.62 bits per heavy atom. The van der Waals surface area contributed by atoms with Crippen LogP contribution in [0.3, 0.4) is 0 Å². The molecule has 0 spiro atoms. The van der Waals surface area contributed by atoms with Crippen molar-refractivity contribution in [2.75, 3.05) is 32.9 Å². The van der Waals surface area contributed by atoms with Gasteiger partial charge in [0.25, 0.3) is 5.91 Å². The lowest BCUT2D eigenvalue weighted by Gasteiger charge is -2.27. The number of para-hydroxylation sites is 1. The number of carbonyl (C=O) groups excluding carboxylic acids is 2. The van der Waals surface area contributed by atoms with E-state index in [4.69, 9.17) is 9.47 Å². The molecule has 1 aliphatic rings. The third-order valence-corrected chi connectivity index (χ3v) is 6.21. The molecule has 0 atom stereocenters. The number of morpholine rings is 1. The van der Waals surface area contributed by atoms with E-state index < -0.39 is 0 Å². The summed E-state index contributed by atoms with van der Waals surface area (Å²) < 4.78 is 12.9. The van der Waals surface area contributed by atoms with Crippen LogP contribution in [0.4, 0.5) is 0 Å². The third kappa shape index (κ3) is 6.05. The van der Waals surface area contributed by atoms with Crippen LogP contribution in [0.5, 0.6) is 5.75 Å². The summed E-state index contributed by atoms with van der Waals surface area (Å²) in [4.78, 5) is 26.8. The molecule has 4 aromatic rings. The van der Waals surface area contributed by atoms with Crippen molar-refractivity contribution in [3.63, 3.8) is 0 Å². The van der Waals surface area contributed by atoms with Crippen LogP contribution in [0.1, 0.15) is 5.56 Å². The second-order valence-electron chi connectivity index (χ2n) is 8.69. The smallest absolute Gasteiger partial charge is 0.277 e. The number of rotatable bonds is 8. The Bertz CT molecular complexity index is 1390. The lowest BCUT2D eigenvalue weighted by atomic mass is 10.1. The second-order valence-corrected chi connectivity index (χ2v) is 8.69. The minimum absolute atomic E-state index is 0.0507. The van der Waals surface area contributed by atoms with Gasteiger partial charge in [-0.25, -0.2) is 5.43 Å². The molecule has 8 heteroatoms. The molecule has 2 heterocycles. The van der Waals surface area contributed by atoms with Crippen LogP contribution in [0.25, 0.3) is 22.0 Å². The summed E-state index contributed by atoms with van der Waals surface area (Å²) in [5.74, 6) is 0.288. The number of benzene rings is 3. The fourth-order valence-electron chi connectivity index (χ4n) is 4.30. The first kappa shape index (κ1) is 24.3. The van der Waals surface area contributed by atoms with Crippen molar-refractivity contribution in [3.8, 4) is 16.9 Å². The maximum atomic E-state index is 12.7. The molecule has 188 valence electrons. The number of hydrogen-bond donors (Lipinski definition) is 1. The first-order valence-electron chi connectivity index (χ1n) is 12.2. The number of amides is 2. The monoisotopic (exact) mass is 496 g/mol. The van der Waals surface area contributed by atoms with Crippen molar-refractivity contribution >= 4 is 28.9 Å². The predicted octanol–water partition coefficient (Wildman–Crippen LogP) is 3.70. The molecule has 0 saturated carbocycles. The quantitative estimate of drug-likeness (QED) is 0.298. The molecule has 0 aliphatic carbocycles. The van der Waals surface area contributed by atoms with E-state index in [9.17, 15) is 9.59 Å². The molecular weight excluding hydrogens is 468 g/mol. The van der Waals surface area contributed by atoms with Gasteiger partial charge in [0.05, 0.1) is 19.4 Å². The number of aromatic nitrogens is 1. The number of hydrazone groups is 1. The van der Waals surface area contributed by atoms with E-state index >= 15 is 0 Å². The molecule has 1 aliphatic heterocycles. The summed E-state index contributed by atoms with van der Waals surface area (Å²) >= 11 is 0. The minimum atomic E-state index is -0.366. The average Bonchev–Trinajstić information content (AvgIpc) is 3.30. The zero-order chi connectivity index (χ0) is 25.5. The Balaban J connectivity index is 1.17. The SMILES string of the molecule is O=C(COc1ccc(-c2ccccc2)cc1)N/N=C/c1cn(CC(=O)N2CCOCC2)c2ccccc12. The van der Waals surface area contributed by atoms with Gasteiger partial charge in [-0.05, 0) is 29.3 Å². The number of carbonyl (C=O) groups is 2. The van der Waals surface area contributed by atoms with Crippen molar-refractivity contribution in [2.24, 2.45) is 5.10 Å². The standard InChI is InChI=1S/C29H28N4O4/c34-28(21-37-25-12-10-23(11-13-25)22-6-2-1-3-7-22)31-30-18-24-19-33(27-9-5-4-8-26(24)27)20-29(35)32-14-16-36-17-15-32/h1-13,18-19H,14-17,20-21H2,(H,31,34)/b30-18+. The van der Waals surface area contributed by atoms with Crippen LogP contribution in [-0.4, -0.2) is 60.4 Å². The van der Waals surface area contributed by atoms with Gasteiger partial charge in [0.2, 0.25) is 5.91 Å². The molecule has 5 rings (SSSR count).